The molecule has 0 aromatic heterocycles. The van der Waals surface area contributed by atoms with Gasteiger partial charge in [0.15, 0.2) is 0 Å². The van der Waals surface area contributed by atoms with Crippen molar-refractivity contribution >= 4 is 11.4 Å². The molecule has 0 atom stereocenters. The first-order valence-electron chi connectivity index (χ1n) is 8.02. The minimum atomic E-state index is 0.0766. The topological polar surface area (TPSA) is 32.7 Å². The summed E-state index contributed by atoms with van der Waals surface area (Å²) in [6.45, 7) is 1.89. The normalized spacial score (nSPS) is 14.0. The smallest absolute Gasteiger partial charge is 0.0698 e. The number of fused-ring (bicyclic) bond motifs is 2. The molecule has 0 fully saturated rings. The molecule has 22 heavy (non-hydrogen) atoms. The number of hydrogen-bond acceptors (Lipinski definition) is 3. The molecule has 0 radical (unpaired) electrons. The van der Waals surface area contributed by atoms with Crippen LogP contribution in [0.2, 0.25) is 0 Å². The maximum Gasteiger partial charge on any atom is 0.0698 e. The minimum absolute atomic E-state index is 0.0766. The second-order valence-corrected chi connectivity index (χ2v) is 5.60. The summed E-state index contributed by atoms with van der Waals surface area (Å²) >= 11 is 0. The lowest BCUT2D eigenvalue weighted by Gasteiger charge is -2.31. The predicted octanol–water partition coefficient (Wildman–Crippen LogP) is 3.32. The Bertz CT molecular complexity index is 564. The van der Waals surface area contributed by atoms with E-state index in [2.05, 4.69) is 53.4 Å². The average molecular weight is 297 g/mol. The number of para-hydroxylation sites is 2. The molecule has 1 N–H and O–H groups in total. The van der Waals surface area contributed by atoms with Crippen LogP contribution in [0.25, 0.3) is 0 Å². The van der Waals surface area contributed by atoms with E-state index in [1.165, 1.54) is 28.9 Å². The monoisotopic (exact) mass is 297 g/mol. The number of nitrogens with zero attached hydrogens (tertiary/aromatic N) is 1. The fourth-order valence-corrected chi connectivity index (χ4v) is 3.13. The molecule has 2 aromatic carbocycles. The van der Waals surface area contributed by atoms with Crippen LogP contribution in [0.15, 0.2) is 48.5 Å². The zero-order valence-corrected chi connectivity index (χ0v) is 12.9. The molecule has 1 heterocycles. The van der Waals surface area contributed by atoms with Crippen LogP contribution in [0.4, 0.5) is 11.4 Å². The first-order chi connectivity index (χ1) is 10.9. The predicted molar refractivity (Wildman–Crippen MR) is 89.8 cm³/mol. The van der Waals surface area contributed by atoms with Gasteiger partial charge in [0.25, 0.3) is 0 Å². The van der Waals surface area contributed by atoms with Gasteiger partial charge >= 0.3 is 0 Å². The first-order valence-corrected chi connectivity index (χ1v) is 8.02. The molecule has 3 nitrogen and oxygen atoms in total. The highest BCUT2D eigenvalue weighted by atomic mass is 16.5. The Morgan fingerprint density at radius 2 is 1.45 bits per heavy atom. The Kier molecular flexibility index (Phi) is 5.09. The zero-order valence-electron chi connectivity index (χ0n) is 12.9. The third-order valence-corrected chi connectivity index (χ3v) is 4.15. The van der Waals surface area contributed by atoms with Gasteiger partial charge in [0, 0.05) is 17.9 Å². The van der Waals surface area contributed by atoms with Gasteiger partial charge in [0.1, 0.15) is 0 Å². The summed E-state index contributed by atoms with van der Waals surface area (Å²) in [5, 5.41) is 8.86. The summed E-state index contributed by atoms with van der Waals surface area (Å²) in [6.07, 6.45) is 3.40. The lowest BCUT2D eigenvalue weighted by molar-refractivity contribution is 0.0975. The lowest BCUT2D eigenvalue weighted by atomic mass is 9.97. The van der Waals surface area contributed by atoms with Gasteiger partial charge in [0.2, 0.25) is 0 Å². The van der Waals surface area contributed by atoms with Gasteiger partial charge in [-0.1, -0.05) is 36.4 Å². The van der Waals surface area contributed by atoms with Crippen molar-refractivity contribution in [2.45, 2.75) is 19.3 Å². The molecule has 0 spiro atoms. The fourth-order valence-electron chi connectivity index (χ4n) is 3.13. The van der Waals surface area contributed by atoms with Crippen LogP contribution in [-0.2, 0) is 17.6 Å². The molecule has 1 aliphatic rings. The van der Waals surface area contributed by atoms with Crippen LogP contribution in [0.5, 0.6) is 0 Å². The highest BCUT2D eigenvalue weighted by molar-refractivity contribution is 5.70. The Balaban J connectivity index is 1.93. The third-order valence-electron chi connectivity index (χ3n) is 4.15. The molecule has 0 amide bonds. The van der Waals surface area contributed by atoms with Gasteiger partial charge in [0.05, 0.1) is 19.8 Å². The summed E-state index contributed by atoms with van der Waals surface area (Å²) in [5.74, 6) is 0. The van der Waals surface area contributed by atoms with Crippen molar-refractivity contribution in [2.24, 2.45) is 0 Å². The van der Waals surface area contributed by atoms with Crippen LogP contribution in [0, 0.1) is 0 Å². The first kappa shape index (κ1) is 15.1. The number of rotatable bonds is 5. The molecule has 2 aromatic rings. The number of anilines is 2. The number of aliphatic hydroxyl groups excluding tert-OH is 1. The number of benzene rings is 2. The number of ether oxygens (including phenoxy) is 1. The van der Waals surface area contributed by atoms with E-state index in [1.54, 1.807) is 0 Å². The van der Waals surface area contributed by atoms with E-state index in [1.807, 2.05) is 0 Å². The van der Waals surface area contributed by atoms with Crippen LogP contribution in [0.3, 0.4) is 0 Å². The standard InChI is InChI=1S/C19H23NO2/c21-13-15-22-14-12-20-18-10-3-1-6-16(18)8-5-9-17-7-2-4-11-19(17)20/h1-4,6-7,10-11,21H,5,8-9,12-15H2. The van der Waals surface area contributed by atoms with E-state index >= 15 is 0 Å². The molecule has 0 unspecified atom stereocenters. The van der Waals surface area contributed by atoms with Crippen molar-refractivity contribution in [3.05, 3.63) is 59.7 Å². The zero-order chi connectivity index (χ0) is 15.2. The fraction of sp³-hybridized carbons (Fsp3) is 0.368. The van der Waals surface area contributed by atoms with Crippen LogP contribution >= 0.6 is 0 Å². The van der Waals surface area contributed by atoms with E-state index in [4.69, 9.17) is 9.84 Å². The quantitative estimate of drug-likeness (QED) is 0.859. The largest absolute Gasteiger partial charge is 0.394 e. The second-order valence-electron chi connectivity index (χ2n) is 5.60. The summed E-state index contributed by atoms with van der Waals surface area (Å²) in [6, 6.07) is 17.3. The Morgan fingerprint density at radius 1 is 0.864 bits per heavy atom. The summed E-state index contributed by atoms with van der Waals surface area (Å²) in [4.78, 5) is 2.36. The van der Waals surface area contributed by atoms with Crippen molar-refractivity contribution in [3.63, 3.8) is 0 Å². The van der Waals surface area contributed by atoms with Gasteiger partial charge in [-0.3, -0.25) is 0 Å². The van der Waals surface area contributed by atoms with Crippen LogP contribution in [0.1, 0.15) is 17.5 Å². The van der Waals surface area contributed by atoms with E-state index in [0.29, 0.717) is 13.2 Å². The van der Waals surface area contributed by atoms with E-state index < -0.39 is 0 Å². The molecule has 0 saturated heterocycles. The van der Waals surface area contributed by atoms with Gasteiger partial charge in [-0.2, -0.15) is 0 Å². The maximum absolute atomic E-state index is 8.86. The highest BCUT2D eigenvalue weighted by Gasteiger charge is 2.18. The molecular weight excluding hydrogens is 274 g/mol. The minimum Gasteiger partial charge on any atom is -0.394 e. The molecular formula is C19H23NO2. The van der Waals surface area contributed by atoms with Crippen molar-refractivity contribution in [3.8, 4) is 0 Å². The molecule has 1 aliphatic heterocycles. The molecule has 0 bridgehead atoms. The van der Waals surface area contributed by atoms with Crippen molar-refractivity contribution in [1.29, 1.82) is 0 Å². The second kappa shape index (κ2) is 7.43. The molecule has 3 rings (SSSR count). The molecule has 3 heteroatoms. The van der Waals surface area contributed by atoms with Gasteiger partial charge in [-0.25, -0.2) is 0 Å². The van der Waals surface area contributed by atoms with Gasteiger partial charge < -0.3 is 14.7 Å². The average Bonchev–Trinajstić information content (AvgIpc) is 2.55. The Hall–Kier alpha value is -1.84. The molecule has 116 valence electrons. The van der Waals surface area contributed by atoms with Crippen LogP contribution < -0.4 is 4.90 Å². The number of hydrogen-bond donors (Lipinski definition) is 1. The van der Waals surface area contributed by atoms with Crippen molar-refractivity contribution in [2.75, 3.05) is 31.3 Å². The van der Waals surface area contributed by atoms with E-state index in [-0.39, 0.29) is 6.61 Å². The summed E-state index contributed by atoms with van der Waals surface area (Å²) in [7, 11) is 0. The summed E-state index contributed by atoms with van der Waals surface area (Å²) < 4.78 is 5.50. The Labute approximate surface area is 132 Å². The number of aliphatic hydroxyl groups is 1. The van der Waals surface area contributed by atoms with Crippen LogP contribution in [-0.4, -0.2) is 31.5 Å². The van der Waals surface area contributed by atoms with Gasteiger partial charge in [-0.05, 0) is 42.5 Å². The maximum atomic E-state index is 8.86. The van der Waals surface area contributed by atoms with E-state index in [0.717, 1.165) is 19.4 Å². The molecule has 0 saturated carbocycles. The Morgan fingerprint density at radius 3 is 2.05 bits per heavy atom. The van der Waals surface area contributed by atoms with Gasteiger partial charge in [-0.15, -0.1) is 0 Å². The SMILES string of the molecule is OCCOCCN1c2ccccc2CCCc2ccccc21. The highest BCUT2D eigenvalue weighted by Crippen LogP contribution is 2.34. The third kappa shape index (κ3) is 3.32. The van der Waals surface area contributed by atoms with E-state index in [9.17, 15) is 0 Å². The molecule has 0 aliphatic carbocycles. The van der Waals surface area contributed by atoms with Crippen molar-refractivity contribution < 1.29 is 9.84 Å². The summed E-state index contributed by atoms with van der Waals surface area (Å²) in [5.41, 5.74) is 5.36. The lowest BCUT2D eigenvalue weighted by Crippen LogP contribution is -2.26. The number of aryl methyl sites for hydroxylation is 2. The van der Waals surface area contributed by atoms with Crippen molar-refractivity contribution in [1.82, 2.24) is 0 Å².